The number of anilines is 1. The molecule has 4 aromatic rings. The molecule has 0 saturated carbocycles. The van der Waals surface area contributed by atoms with E-state index in [-0.39, 0.29) is 5.88 Å². The Hall–Kier alpha value is -3.78. The minimum absolute atomic E-state index is 0.0630. The van der Waals surface area contributed by atoms with E-state index in [0.717, 1.165) is 59.7 Å². The Bertz CT molecular complexity index is 1290. The average molecular weight is 428 g/mol. The van der Waals surface area contributed by atoms with Crippen LogP contribution in [0.1, 0.15) is 18.1 Å². The second kappa shape index (κ2) is 8.39. The number of hydrogen-bond acceptors (Lipinski definition) is 7. The van der Waals surface area contributed by atoms with E-state index < -0.39 is 0 Å². The summed E-state index contributed by atoms with van der Waals surface area (Å²) in [5.74, 6) is 0.652. The summed E-state index contributed by atoms with van der Waals surface area (Å²) >= 11 is 0. The normalized spacial score (nSPS) is 14.8. The number of nitrogens with zero attached hydrogens (tertiary/aromatic N) is 5. The summed E-state index contributed by atoms with van der Waals surface area (Å²) in [6, 6.07) is 7.83. The second-order valence-electron chi connectivity index (χ2n) is 7.83. The van der Waals surface area contributed by atoms with E-state index in [4.69, 9.17) is 4.74 Å². The van der Waals surface area contributed by atoms with Gasteiger partial charge in [0.25, 0.3) is 0 Å². The van der Waals surface area contributed by atoms with Crippen molar-refractivity contribution in [1.29, 1.82) is 0 Å². The Balaban J connectivity index is 1.49. The van der Waals surface area contributed by atoms with Crippen LogP contribution in [0, 0.1) is 6.92 Å². The van der Waals surface area contributed by atoms with E-state index >= 15 is 0 Å². The summed E-state index contributed by atoms with van der Waals surface area (Å²) in [6.07, 6.45) is 7.12. The van der Waals surface area contributed by atoms with Crippen LogP contribution in [0.3, 0.4) is 0 Å². The van der Waals surface area contributed by atoms with Gasteiger partial charge in [-0.05, 0) is 43.7 Å². The molecule has 0 aliphatic carbocycles. The van der Waals surface area contributed by atoms with Crippen molar-refractivity contribution in [2.24, 2.45) is 4.99 Å². The minimum Gasteiger partial charge on any atom is -0.494 e. The topological polar surface area (TPSA) is 99.5 Å². The van der Waals surface area contributed by atoms with Gasteiger partial charge in [-0.15, -0.1) is 0 Å². The van der Waals surface area contributed by atoms with E-state index in [0.29, 0.717) is 17.1 Å². The van der Waals surface area contributed by atoms with Gasteiger partial charge in [-0.2, -0.15) is 0 Å². The van der Waals surface area contributed by atoms with Gasteiger partial charge >= 0.3 is 0 Å². The van der Waals surface area contributed by atoms with Crippen molar-refractivity contribution in [2.45, 2.75) is 13.8 Å². The first-order valence-corrected chi connectivity index (χ1v) is 10.6. The molecule has 32 heavy (non-hydrogen) atoms. The van der Waals surface area contributed by atoms with E-state index in [1.165, 1.54) is 0 Å². The highest BCUT2D eigenvalue weighted by molar-refractivity contribution is 6.13. The molecule has 0 radical (unpaired) electrons. The van der Waals surface area contributed by atoms with Crippen LogP contribution in [0.2, 0.25) is 0 Å². The van der Waals surface area contributed by atoms with Crippen LogP contribution in [0.5, 0.6) is 5.88 Å². The van der Waals surface area contributed by atoms with Crippen molar-refractivity contribution in [3.63, 3.8) is 0 Å². The van der Waals surface area contributed by atoms with Crippen LogP contribution in [0.25, 0.3) is 22.2 Å². The largest absolute Gasteiger partial charge is 0.494 e. The molecule has 1 aliphatic heterocycles. The zero-order valence-electron chi connectivity index (χ0n) is 18.0. The first-order chi connectivity index (χ1) is 15.6. The van der Waals surface area contributed by atoms with Gasteiger partial charge in [-0.1, -0.05) is 0 Å². The fraction of sp³-hybridized carbons (Fsp3) is 0.250. The maximum Gasteiger partial charge on any atom is 0.198 e. The monoisotopic (exact) mass is 428 g/mol. The van der Waals surface area contributed by atoms with Crippen LogP contribution in [0.4, 0.5) is 11.5 Å². The molecule has 1 fully saturated rings. The lowest BCUT2D eigenvalue weighted by Crippen LogP contribution is -2.36. The summed E-state index contributed by atoms with van der Waals surface area (Å²) < 4.78 is 5.41. The van der Waals surface area contributed by atoms with E-state index in [1.54, 1.807) is 18.6 Å². The Morgan fingerprint density at radius 2 is 1.97 bits per heavy atom. The molecule has 0 amide bonds. The highest BCUT2D eigenvalue weighted by Gasteiger charge is 2.17. The van der Waals surface area contributed by atoms with Crippen LogP contribution in [-0.2, 0) is 4.74 Å². The van der Waals surface area contributed by atoms with Crippen molar-refractivity contribution in [2.75, 3.05) is 31.2 Å². The molecule has 8 nitrogen and oxygen atoms in total. The van der Waals surface area contributed by atoms with E-state index in [2.05, 4.69) is 29.8 Å². The first kappa shape index (κ1) is 20.1. The van der Waals surface area contributed by atoms with Gasteiger partial charge in [0.05, 0.1) is 53.8 Å². The number of aromatic nitrogens is 4. The fourth-order valence-corrected chi connectivity index (χ4v) is 4.01. The molecule has 0 atom stereocenters. The number of H-pyrrole nitrogens is 1. The molecule has 5 heterocycles. The van der Waals surface area contributed by atoms with Gasteiger partial charge in [0.2, 0.25) is 0 Å². The van der Waals surface area contributed by atoms with Crippen molar-refractivity contribution >= 4 is 28.1 Å². The maximum atomic E-state index is 10.6. The molecule has 8 heteroatoms. The average Bonchev–Trinajstić information content (AvgIpc) is 3.15. The number of fused-ring (bicyclic) bond motifs is 1. The van der Waals surface area contributed by atoms with Crippen LogP contribution >= 0.6 is 0 Å². The zero-order chi connectivity index (χ0) is 22.1. The molecule has 1 aliphatic rings. The molecule has 5 rings (SSSR count). The number of hydrogen-bond donors (Lipinski definition) is 2. The summed E-state index contributed by atoms with van der Waals surface area (Å²) in [5.41, 5.74) is 5.95. The molecule has 2 N–H and O–H groups in total. The third-order valence-electron chi connectivity index (χ3n) is 5.73. The number of aromatic hydroxyl groups is 1. The Labute approximate surface area is 185 Å². The smallest absolute Gasteiger partial charge is 0.198 e. The third kappa shape index (κ3) is 3.80. The lowest BCUT2D eigenvalue weighted by molar-refractivity contribution is 0.122. The molecule has 0 unspecified atom stereocenters. The van der Waals surface area contributed by atoms with Crippen LogP contribution in [0.15, 0.2) is 54.0 Å². The lowest BCUT2D eigenvalue weighted by Gasteiger charge is -2.28. The predicted octanol–water partition coefficient (Wildman–Crippen LogP) is 4.01. The Morgan fingerprint density at radius 1 is 1.12 bits per heavy atom. The molecule has 0 spiro atoms. The third-order valence-corrected chi connectivity index (χ3v) is 5.73. The predicted molar refractivity (Wildman–Crippen MR) is 125 cm³/mol. The van der Waals surface area contributed by atoms with Crippen molar-refractivity contribution < 1.29 is 9.84 Å². The first-order valence-electron chi connectivity index (χ1n) is 10.6. The maximum absolute atomic E-state index is 10.6. The minimum atomic E-state index is 0.0630. The molecule has 4 aromatic heterocycles. The number of nitrogens with one attached hydrogen (secondary N) is 1. The summed E-state index contributed by atoms with van der Waals surface area (Å²) in [4.78, 5) is 23.2. The zero-order valence-corrected chi connectivity index (χ0v) is 18.0. The number of pyridine rings is 3. The van der Waals surface area contributed by atoms with E-state index in [9.17, 15) is 5.11 Å². The quantitative estimate of drug-likeness (QED) is 0.477. The summed E-state index contributed by atoms with van der Waals surface area (Å²) in [6.45, 7) is 7.08. The number of rotatable bonds is 4. The number of ether oxygens (including phenoxy) is 1. The highest BCUT2D eigenvalue weighted by atomic mass is 16.5. The number of aromatic amines is 1. The molecular formula is C24H24N6O2. The lowest BCUT2D eigenvalue weighted by atomic mass is 10.0. The van der Waals surface area contributed by atoms with Gasteiger partial charge in [0.15, 0.2) is 11.7 Å². The summed E-state index contributed by atoms with van der Waals surface area (Å²) in [7, 11) is 0. The highest BCUT2D eigenvalue weighted by Crippen LogP contribution is 2.32. The SMILES string of the molecule is CC(=Nc1ccc(N2CCOCC2)cn1)c1c(O)[nH]c2cnc(-c3cnccc3C)cc12. The van der Waals surface area contributed by atoms with Crippen molar-refractivity contribution in [3.05, 3.63) is 60.2 Å². The standard InChI is InChI=1S/C24H24N6O2/c1-15-5-6-25-13-19(15)20-11-18-21(14-26-20)29-24(31)23(18)16(2)28-22-4-3-17(12-27-22)30-7-9-32-10-8-30/h3-6,11-14,29,31H,7-10H2,1-2H3. The van der Waals surface area contributed by atoms with Crippen LogP contribution in [-0.4, -0.2) is 57.1 Å². The Morgan fingerprint density at radius 3 is 2.72 bits per heavy atom. The van der Waals surface area contributed by atoms with Gasteiger partial charge in [0.1, 0.15) is 0 Å². The van der Waals surface area contributed by atoms with Gasteiger partial charge < -0.3 is 19.7 Å². The number of aliphatic imine (C=N–C) groups is 1. The molecule has 162 valence electrons. The molecule has 0 aromatic carbocycles. The van der Waals surface area contributed by atoms with Crippen molar-refractivity contribution in [1.82, 2.24) is 19.9 Å². The second-order valence-corrected chi connectivity index (χ2v) is 7.83. The molecule has 0 bridgehead atoms. The molecular weight excluding hydrogens is 404 g/mol. The fourth-order valence-electron chi connectivity index (χ4n) is 4.01. The van der Waals surface area contributed by atoms with Crippen molar-refractivity contribution in [3.8, 4) is 17.1 Å². The molecule has 1 saturated heterocycles. The Kier molecular flexibility index (Phi) is 5.28. The number of morpholine rings is 1. The summed E-state index contributed by atoms with van der Waals surface area (Å²) in [5, 5.41) is 11.4. The van der Waals surface area contributed by atoms with E-state index in [1.807, 2.05) is 44.3 Å². The van der Waals surface area contributed by atoms with Gasteiger partial charge in [-0.3, -0.25) is 9.97 Å². The van der Waals surface area contributed by atoms with Crippen LogP contribution < -0.4 is 4.90 Å². The van der Waals surface area contributed by atoms with Gasteiger partial charge in [-0.25, -0.2) is 9.98 Å². The van der Waals surface area contributed by atoms with Gasteiger partial charge in [0, 0.05) is 36.4 Å². The number of aryl methyl sites for hydroxylation is 1.